The molecule has 0 aromatic rings. The predicted molar refractivity (Wildman–Crippen MR) is 47.1 cm³/mol. The summed E-state index contributed by atoms with van der Waals surface area (Å²) in [6.45, 7) is 2.00. The van der Waals surface area contributed by atoms with E-state index in [4.69, 9.17) is 0 Å². The second-order valence-corrected chi connectivity index (χ2v) is 4.45. The van der Waals surface area contributed by atoms with E-state index in [1.165, 1.54) is 0 Å². The molecule has 0 spiro atoms. The van der Waals surface area contributed by atoms with Crippen molar-refractivity contribution < 1.29 is 4.79 Å². The Labute approximate surface area is 70.5 Å². The number of thioether (sulfide) groups is 1. The number of nitrogens with zero attached hydrogens (tertiary/aromatic N) is 1. The van der Waals surface area contributed by atoms with Crippen LogP contribution in [-0.2, 0) is 4.79 Å². The van der Waals surface area contributed by atoms with Crippen molar-refractivity contribution in [3.05, 3.63) is 0 Å². The maximum atomic E-state index is 11.3. The van der Waals surface area contributed by atoms with E-state index >= 15 is 0 Å². The Morgan fingerprint density at radius 2 is 2.45 bits per heavy atom. The van der Waals surface area contributed by atoms with Gasteiger partial charge in [-0.05, 0) is 19.8 Å². The van der Waals surface area contributed by atoms with Gasteiger partial charge in [0.05, 0.1) is 16.3 Å². The zero-order valence-corrected chi connectivity index (χ0v) is 7.36. The molecule has 2 rings (SSSR count). The zero-order chi connectivity index (χ0) is 7.84. The molecule has 1 aliphatic heterocycles. The van der Waals surface area contributed by atoms with Crippen molar-refractivity contribution in [3.8, 4) is 0 Å². The monoisotopic (exact) mass is 169 g/mol. The Kier molecular flexibility index (Phi) is 1.75. The van der Waals surface area contributed by atoms with Crippen molar-refractivity contribution in [2.24, 2.45) is 4.99 Å². The maximum Gasteiger partial charge on any atom is 0.148 e. The Bertz CT molecular complexity index is 224. The molecule has 0 amide bonds. The Morgan fingerprint density at radius 1 is 1.64 bits per heavy atom. The van der Waals surface area contributed by atoms with E-state index in [2.05, 4.69) is 4.99 Å². The summed E-state index contributed by atoms with van der Waals surface area (Å²) in [7, 11) is 0. The van der Waals surface area contributed by atoms with Crippen LogP contribution in [0.4, 0.5) is 0 Å². The first-order chi connectivity index (χ1) is 5.27. The summed E-state index contributed by atoms with van der Waals surface area (Å²) < 4.78 is 0. The maximum absolute atomic E-state index is 11.3. The van der Waals surface area contributed by atoms with Crippen LogP contribution in [0.15, 0.2) is 4.99 Å². The summed E-state index contributed by atoms with van der Waals surface area (Å²) in [5.41, 5.74) is 0. The molecule has 2 atom stereocenters. The second kappa shape index (κ2) is 2.63. The minimum absolute atomic E-state index is 0.184. The van der Waals surface area contributed by atoms with Crippen LogP contribution in [0.5, 0.6) is 0 Å². The molecule has 1 fully saturated rings. The van der Waals surface area contributed by atoms with Gasteiger partial charge in [-0.15, -0.1) is 0 Å². The minimum atomic E-state index is 0.184. The fraction of sp³-hybridized carbons (Fsp3) is 0.750. The second-order valence-electron chi connectivity index (χ2n) is 3.11. The highest BCUT2D eigenvalue weighted by molar-refractivity contribution is 8.15. The van der Waals surface area contributed by atoms with Crippen molar-refractivity contribution in [3.63, 3.8) is 0 Å². The van der Waals surface area contributed by atoms with Gasteiger partial charge >= 0.3 is 0 Å². The van der Waals surface area contributed by atoms with E-state index in [9.17, 15) is 4.79 Å². The van der Waals surface area contributed by atoms with E-state index in [-0.39, 0.29) is 5.25 Å². The number of hydrogen-bond acceptors (Lipinski definition) is 3. The molecule has 0 N–H and O–H groups in total. The van der Waals surface area contributed by atoms with Gasteiger partial charge in [0.25, 0.3) is 0 Å². The van der Waals surface area contributed by atoms with Crippen LogP contribution in [0.3, 0.4) is 0 Å². The van der Waals surface area contributed by atoms with E-state index in [0.717, 1.165) is 24.3 Å². The number of Topliss-reactive ketones (excluding diaryl/α,β-unsaturated/α-hetero) is 1. The van der Waals surface area contributed by atoms with E-state index in [1.807, 2.05) is 6.92 Å². The van der Waals surface area contributed by atoms with E-state index < -0.39 is 0 Å². The van der Waals surface area contributed by atoms with Gasteiger partial charge in [0.15, 0.2) is 0 Å². The average molecular weight is 169 g/mol. The van der Waals surface area contributed by atoms with Gasteiger partial charge in [-0.1, -0.05) is 11.8 Å². The predicted octanol–water partition coefficient (Wildman–Crippen LogP) is 1.64. The molecule has 0 saturated heterocycles. The largest absolute Gasteiger partial charge is 0.298 e. The zero-order valence-electron chi connectivity index (χ0n) is 6.54. The number of aliphatic imine (C=N–C) groups is 1. The van der Waals surface area contributed by atoms with Gasteiger partial charge < -0.3 is 0 Å². The highest BCUT2D eigenvalue weighted by Gasteiger charge is 2.36. The third kappa shape index (κ3) is 1.22. The third-order valence-electron chi connectivity index (χ3n) is 2.24. The number of rotatable bonds is 0. The number of carbonyl (C=O) groups excluding carboxylic acids is 1. The average Bonchev–Trinajstić information content (AvgIpc) is 2.31. The molecule has 2 nitrogen and oxygen atoms in total. The van der Waals surface area contributed by atoms with Crippen LogP contribution < -0.4 is 0 Å². The molecule has 0 bridgehead atoms. The molecule has 2 aliphatic rings. The van der Waals surface area contributed by atoms with E-state index in [0.29, 0.717) is 11.8 Å². The van der Waals surface area contributed by atoms with E-state index in [1.54, 1.807) is 11.8 Å². The molecular weight excluding hydrogens is 158 g/mol. The molecule has 1 saturated carbocycles. The molecule has 0 radical (unpaired) electrons. The van der Waals surface area contributed by atoms with Crippen LogP contribution in [-0.4, -0.2) is 22.1 Å². The lowest BCUT2D eigenvalue weighted by atomic mass is 9.94. The quantitative estimate of drug-likeness (QED) is 0.551. The molecule has 0 aromatic heterocycles. The van der Waals surface area contributed by atoms with Crippen molar-refractivity contribution in [2.75, 3.05) is 0 Å². The molecule has 0 aromatic carbocycles. The summed E-state index contributed by atoms with van der Waals surface area (Å²) in [5, 5.41) is 1.28. The van der Waals surface area contributed by atoms with Crippen LogP contribution in [0.1, 0.15) is 26.2 Å². The number of carbonyl (C=O) groups is 1. The Morgan fingerprint density at radius 3 is 3.18 bits per heavy atom. The smallest absolute Gasteiger partial charge is 0.148 e. The highest BCUT2D eigenvalue weighted by Crippen LogP contribution is 2.34. The van der Waals surface area contributed by atoms with Crippen molar-refractivity contribution in [2.45, 2.75) is 37.5 Å². The first-order valence-electron chi connectivity index (χ1n) is 4.01. The molecule has 60 valence electrons. The molecule has 2 unspecified atom stereocenters. The Hall–Kier alpha value is -0.310. The standard InChI is InChI=1S/C8H11NOS/c1-5-9-6-3-2-4-7(10)8(6)11-5/h6,8H,2-4H2,1H3. The molecule has 1 aliphatic carbocycles. The fourth-order valence-corrected chi connectivity index (χ4v) is 2.88. The lowest BCUT2D eigenvalue weighted by Gasteiger charge is -2.20. The minimum Gasteiger partial charge on any atom is -0.298 e. The fourth-order valence-electron chi connectivity index (χ4n) is 1.72. The van der Waals surface area contributed by atoms with Crippen molar-refractivity contribution in [1.82, 2.24) is 0 Å². The molecular formula is C8H11NOS. The summed E-state index contributed by atoms with van der Waals surface area (Å²) in [4.78, 5) is 15.7. The number of hydrogen-bond donors (Lipinski definition) is 0. The highest BCUT2D eigenvalue weighted by atomic mass is 32.2. The van der Waals surface area contributed by atoms with Crippen LogP contribution in [0.25, 0.3) is 0 Å². The van der Waals surface area contributed by atoms with Crippen LogP contribution in [0.2, 0.25) is 0 Å². The normalized spacial score (nSPS) is 36.8. The summed E-state index contributed by atoms with van der Waals surface area (Å²) in [5.74, 6) is 0.409. The summed E-state index contributed by atoms with van der Waals surface area (Å²) in [6, 6.07) is 0.321. The van der Waals surface area contributed by atoms with Gasteiger partial charge in [-0.25, -0.2) is 0 Å². The van der Waals surface area contributed by atoms with Crippen molar-refractivity contribution in [1.29, 1.82) is 0 Å². The third-order valence-corrected chi connectivity index (χ3v) is 3.51. The van der Waals surface area contributed by atoms with Gasteiger partial charge in [0.1, 0.15) is 5.78 Å². The van der Waals surface area contributed by atoms with Crippen LogP contribution in [0, 0.1) is 0 Å². The van der Waals surface area contributed by atoms with Gasteiger partial charge in [0.2, 0.25) is 0 Å². The van der Waals surface area contributed by atoms with Gasteiger partial charge in [-0.3, -0.25) is 9.79 Å². The van der Waals surface area contributed by atoms with Gasteiger partial charge in [0, 0.05) is 6.42 Å². The molecule has 3 heteroatoms. The van der Waals surface area contributed by atoms with Crippen LogP contribution >= 0.6 is 11.8 Å². The summed E-state index contributed by atoms with van der Waals surface area (Å²) >= 11 is 1.66. The first kappa shape index (κ1) is 7.35. The van der Waals surface area contributed by atoms with Crippen molar-refractivity contribution >= 4 is 22.6 Å². The number of fused-ring (bicyclic) bond motifs is 1. The molecule has 11 heavy (non-hydrogen) atoms. The lowest BCUT2D eigenvalue weighted by Crippen LogP contribution is -2.31. The number of ketones is 1. The lowest BCUT2D eigenvalue weighted by molar-refractivity contribution is -0.119. The SMILES string of the molecule is CC1=NC2CCCC(=O)C2S1. The first-order valence-corrected chi connectivity index (χ1v) is 4.89. The Balaban J connectivity index is 2.16. The molecule has 1 heterocycles. The van der Waals surface area contributed by atoms with Gasteiger partial charge in [-0.2, -0.15) is 0 Å². The topological polar surface area (TPSA) is 29.4 Å². The summed E-state index contributed by atoms with van der Waals surface area (Å²) in [6.07, 6.45) is 2.93.